The molecule has 0 radical (unpaired) electrons. The minimum absolute atomic E-state index is 0.165. The summed E-state index contributed by atoms with van der Waals surface area (Å²) in [6.45, 7) is 7.05. The molecule has 0 saturated carbocycles. The van der Waals surface area contributed by atoms with E-state index in [2.05, 4.69) is 4.90 Å². The van der Waals surface area contributed by atoms with Crippen LogP contribution in [0.2, 0.25) is 0 Å². The first-order valence-corrected chi connectivity index (χ1v) is 15.2. The van der Waals surface area contributed by atoms with Gasteiger partial charge in [0.2, 0.25) is 6.10 Å². The van der Waals surface area contributed by atoms with Gasteiger partial charge in [0.15, 0.2) is 23.7 Å². The molecule has 1 fully saturated rings. The Balaban J connectivity index is 1.30. The quantitative estimate of drug-likeness (QED) is 0.354. The Labute approximate surface area is 262 Å². The van der Waals surface area contributed by atoms with Crippen LogP contribution in [0.15, 0.2) is 54.3 Å². The molecule has 1 N–H and O–H groups in total. The molecule has 2 aliphatic carbocycles. The molecule has 2 aliphatic heterocycles. The number of carbonyl (C=O) groups excluding carboxylic acids is 3. The van der Waals surface area contributed by atoms with E-state index < -0.39 is 53.0 Å². The molecule has 1 saturated heterocycles. The lowest BCUT2D eigenvalue weighted by atomic mass is 9.50. The summed E-state index contributed by atoms with van der Waals surface area (Å²) < 4.78 is 34.1. The summed E-state index contributed by atoms with van der Waals surface area (Å²) in [5, 5.41) is 12.4. The summed E-state index contributed by atoms with van der Waals surface area (Å²) in [5.41, 5.74) is -0.541. The fourth-order valence-electron chi connectivity index (χ4n) is 7.32. The first-order valence-electron chi connectivity index (χ1n) is 15.2. The minimum Gasteiger partial charge on any atom is -0.493 e. The summed E-state index contributed by atoms with van der Waals surface area (Å²) >= 11 is 0. The Morgan fingerprint density at radius 1 is 1.07 bits per heavy atom. The van der Waals surface area contributed by atoms with Crippen LogP contribution in [0.25, 0.3) is 0 Å². The van der Waals surface area contributed by atoms with Crippen LogP contribution in [0.4, 0.5) is 4.79 Å². The number of methoxy groups -OCH3 is 1. The zero-order valence-electron chi connectivity index (χ0n) is 26.3. The number of benzene rings is 2. The zero-order chi connectivity index (χ0) is 32.3. The highest BCUT2D eigenvalue weighted by Crippen LogP contribution is 2.65. The van der Waals surface area contributed by atoms with Gasteiger partial charge in [0, 0.05) is 23.6 Å². The number of likely N-dealkylation sites (tertiary alicyclic amines) is 1. The van der Waals surface area contributed by atoms with Crippen LogP contribution in [0.5, 0.6) is 11.5 Å². The molecule has 2 aromatic rings. The maximum Gasteiger partial charge on any atom is 0.509 e. The lowest BCUT2D eigenvalue weighted by molar-refractivity contribution is -0.179. The van der Waals surface area contributed by atoms with E-state index in [0.29, 0.717) is 36.4 Å². The number of nitrogens with zero attached hydrogens (tertiary/aromatic N) is 1. The summed E-state index contributed by atoms with van der Waals surface area (Å²) in [6, 6.07) is 12.2. The first-order chi connectivity index (χ1) is 21.3. The van der Waals surface area contributed by atoms with E-state index in [1.54, 1.807) is 64.3 Å². The maximum atomic E-state index is 13.9. The standard InChI is InChI=1S/C34H39NO10/c1-19(41-31(38)45-32(2,3)4)29(36)44-26(20-10-8-7-9-11-20)30(37)42-23-14-15-34(39)24-18-21-12-13-22(40-6)27-25(21)33(34,28(23)43-27)16-17-35(24)5/h7-14,19,24,26,28,39H,15-18H2,1-6H3/t19?,24-,26+,28+,33+,34-/m1/s1. The molecule has 240 valence electrons. The van der Waals surface area contributed by atoms with Gasteiger partial charge < -0.3 is 38.4 Å². The minimum atomic E-state index is -1.48. The number of hydrogen-bond acceptors (Lipinski definition) is 11. The summed E-state index contributed by atoms with van der Waals surface area (Å²) in [5.74, 6) is -0.503. The molecule has 11 heteroatoms. The van der Waals surface area contributed by atoms with Gasteiger partial charge in [-0.3, -0.25) is 0 Å². The van der Waals surface area contributed by atoms with E-state index in [1.807, 2.05) is 19.2 Å². The Morgan fingerprint density at radius 3 is 2.49 bits per heavy atom. The topological polar surface area (TPSA) is 130 Å². The second kappa shape index (κ2) is 11.1. The molecule has 2 aromatic carbocycles. The molecule has 1 unspecified atom stereocenters. The van der Waals surface area contributed by atoms with E-state index >= 15 is 0 Å². The lowest BCUT2D eigenvalue weighted by Gasteiger charge is -2.61. The van der Waals surface area contributed by atoms with E-state index in [9.17, 15) is 19.5 Å². The van der Waals surface area contributed by atoms with Gasteiger partial charge in [-0.1, -0.05) is 36.4 Å². The fourth-order valence-corrected chi connectivity index (χ4v) is 7.32. The Hall–Kier alpha value is -4.09. The number of piperidine rings is 1. The maximum absolute atomic E-state index is 13.9. The van der Waals surface area contributed by atoms with Gasteiger partial charge in [-0.2, -0.15) is 0 Å². The predicted molar refractivity (Wildman–Crippen MR) is 160 cm³/mol. The molecule has 6 atom stereocenters. The van der Waals surface area contributed by atoms with E-state index in [1.165, 1.54) is 6.92 Å². The van der Waals surface area contributed by atoms with Crippen molar-refractivity contribution in [3.63, 3.8) is 0 Å². The Kier molecular flexibility index (Phi) is 7.60. The largest absolute Gasteiger partial charge is 0.509 e. The third kappa shape index (κ3) is 5.02. The number of hydrogen-bond donors (Lipinski definition) is 1. The fraction of sp³-hybridized carbons (Fsp3) is 0.500. The number of carbonyl (C=O) groups is 3. The van der Waals surface area contributed by atoms with Gasteiger partial charge in [-0.25, -0.2) is 14.4 Å². The van der Waals surface area contributed by atoms with Crippen LogP contribution < -0.4 is 9.47 Å². The predicted octanol–water partition coefficient (Wildman–Crippen LogP) is 4.14. The SMILES string of the molecule is COc1ccc2c3c1O[C@H]1C(OC(=O)[C@@H](OC(=O)C(C)OC(=O)OC(C)(C)C)c4ccccc4)=CC[C@@]4(O)[C@@H](C2)N(C)CC[C@]314. The highest BCUT2D eigenvalue weighted by Gasteiger charge is 2.72. The molecule has 1 spiro atoms. The lowest BCUT2D eigenvalue weighted by Crippen LogP contribution is -2.74. The summed E-state index contributed by atoms with van der Waals surface area (Å²) in [4.78, 5) is 41.3. The van der Waals surface area contributed by atoms with Crippen molar-refractivity contribution < 1.29 is 47.9 Å². The van der Waals surface area contributed by atoms with Crippen LogP contribution in [0.3, 0.4) is 0 Å². The third-order valence-corrected chi connectivity index (χ3v) is 9.32. The molecular formula is C34H39NO10. The first kappa shape index (κ1) is 30.9. The van der Waals surface area contributed by atoms with E-state index in [4.69, 9.17) is 28.4 Å². The van der Waals surface area contributed by atoms with Gasteiger partial charge >= 0.3 is 18.1 Å². The molecule has 11 nitrogen and oxygen atoms in total. The van der Waals surface area contributed by atoms with Crippen LogP contribution in [0, 0.1) is 0 Å². The Morgan fingerprint density at radius 2 is 1.80 bits per heavy atom. The van der Waals surface area contributed by atoms with Crippen LogP contribution in [-0.4, -0.2) is 78.3 Å². The summed E-state index contributed by atoms with van der Waals surface area (Å²) in [7, 11) is 3.58. The van der Waals surface area contributed by atoms with E-state index in [0.717, 1.165) is 11.1 Å². The number of esters is 2. The van der Waals surface area contributed by atoms with Crippen LogP contribution in [-0.2, 0) is 40.4 Å². The van der Waals surface area contributed by atoms with E-state index in [-0.39, 0.29) is 18.2 Å². The van der Waals surface area contributed by atoms with Gasteiger partial charge in [-0.05, 0) is 71.8 Å². The monoisotopic (exact) mass is 621 g/mol. The van der Waals surface area contributed by atoms with Crippen molar-refractivity contribution in [2.45, 2.75) is 87.9 Å². The molecule has 0 aromatic heterocycles. The van der Waals surface area contributed by atoms with Crippen molar-refractivity contribution in [1.82, 2.24) is 4.90 Å². The van der Waals surface area contributed by atoms with Gasteiger partial charge in [-0.15, -0.1) is 0 Å². The van der Waals surface area contributed by atoms with Crippen molar-refractivity contribution in [3.8, 4) is 11.5 Å². The smallest absolute Gasteiger partial charge is 0.493 e. The van der Waals surface area contributed by atoms with Crippen LogP contribution >= 0.6 is 0 Å². The molecule has 2 bridgehead atoms. The zero-order valence-corrected chi connectivity index (χ0v) is 26.3. The second-order valence-corrected chi connectivity index (χ2v) is 13.2. The van der Waals surface area contributed by atoms with Gasteiger partial charge in [0.05, 0.1) is 18.1 Å². The van der Waals surface area contributed by atoms with Crippen molar-refractivity contribution in [2.24, 2.45) is 0 Å². The van der Waals surface area contributed by atoms with Crippen molar-refractivity contribution >= 4 is 18.1 Å². The average molecular weight is 622 g/mol. The number of rotatable bonds is 7. The second-order valence-electron chi connectivity index (χ2n) is 13.2. The summed E-state index contributed by atoms with van der Waals surface area (Å²) in [6.07, 6.45) is -1.54. The highest BCUT2D eigenvalue weighted by molar-refractivity contribution is 5.84. The van der Waals surface area contributed by atoms with Gasteiger partial charge in [0.1, 0.15) is 11.4 Å². The molecule has 6 rings (SSSR count). The third-order valence-electron chi connectivity index (χ3n) is 9.32. The van der Waals surface area contributed by atoms with Crippen molar-refractivity contribution in [3.05, 3.63) is 71.0 Å². The number of ether oxygens (including phenoxy) is 6. The van der Waals surface area contributed by atoms with Crippen molar-refractivity contribution in [2.75, 3.05) is 20.7 Å². The van der Waals surface area contributed by atoms with Crippen LogP contribution in [0.1, 0.15) is 63.3 Å². The molecular weight excluding hydrogens is 582 g/mol. The Bertz CT molecular complexity index is 1550. The molecule has 45 heavy (non-hydrogen) atoms. The normalized spacial score (nSPS) is 27.6. The number of aliphatic hydroxyl groups is 1. The highest BCUT2D eigenvalue weighted by atomic mass is 16.7. The van der Waals surface area contributed by atoms with Crippen molar-refractivity contribution in [1.29, 1.82) is 0 Å². The number of likely N-dealkylation sites (N-methyl/N-ethyl adjacent to an activating group) is 1. The van der Waals surface area contributed by atoms with Gasteiger partial charge in [0.25, 0.3) is 0 Å². The average Bonchev–Trinajstić information content (AvgIpc) is 3.34. The molecule has 2 heterocycles. The molecule has 4 aliphatic rings. The molecule has 0 amide bonds.